The normalized spacial score (nSPS) is 14.5. The molecule has 1 heterocycles. The molecule has 1 atom stereocenters. The van der Waals surface area contributed by atoms with E-state index in [2.05, 4.69) is 5.32 Å². The Hall–Kier alpha value is -4.07. The van der Waals surface area contributed by atoms with Crippen molar-refractivity contribution in [2.75, 3.05) is 47.4 Å². The summed E-state index contributed by atoms with van der Waals surface area (Å²) in [6, 6.07) is 16.4. The van der Waals surface area contributed by atoms with Crippen LogP contribution in [0, 0.1) is 0 Å². The highest BCUT2D eigenvalue weighted by Gasteiger charge is 2.34. The molecule has 8 nitrogen and oxygen atoms in total. The first-order chi connectivity index (χ1) is 17.0. The summed E-state index contributed by atoms with van der Waals surface area (Å²) < 4.78 is 27.2. The van der Waals surface area contributed by atoms with E-state index in [9.17, 15) is 4.79 Å². The minimum absolute atomic E-state index is 0.241. The number of hydrogen-bond acceptors (Lipinski definition) is 6. The molecule has 4 rings (SSSR count). The number of carbonyl (C=O) groups is 1. The largest absolute Gasteiger partial charge is 0.497 e. The molecule has 3 aromatic carbocycles. The fourth-order valence-electron chi connectivity index (χ4n) is 4.40. The van der Waals surface area contributed by atoms with Crippen LogP contribution in [0.1, 0.15) is 22.7 Å². The molecular formula is C27H30N2O6. The molecule has 0 aliphatic carbocycles. The molecule has 0 saturated carbocycles. The number of methoxy groups -OCH3 is 5. The second kappa shape index (κ2) is 10.5. The highest BCUT2D eigenvalue weighted by Crippen LogP contribution is 2.42. The van der Waals surface area contributed by atoms with Crippen molar-refractivity contribution in [3.8, 4) is 28.7 Å². The number of nitrogens with zero attached hydrogens (tertiary/aromatic N) is 1. The van der Waals surface area contributed by atoms with Crippen molar-refractivity contribution in [2.45, 2.75) is 12.5 Å². The van der Waals surface area contributed by atoms with Gasteiger partial charge >= 0.3 is 6.03 Å². The van der Waals surface area contributed by atoms with Crippen molar-refractivity contribution >= 4 is 11.7 Å². The predicted octanol–water partition coefficient (Wildman–Crippen LogP) is 4.91. The van der Waals surface area contributed by atoms with Gasteiger partial charge in [-0.1, -0.05) is 12.1 Å². The van der Waals surface area contributed by atoms with E-state index in [4.69, 9.17) is 23.7 Å². The summed E-state index contributed by atoms with van der Waals surface area (Å²) in [5.41, 5.74) is 3.60. The molecule has 1 N–H and O–H groups in total. The highest BCUT2D eigenvalue weighted by molar-refractivity contribution is 5.92. The zero-order valence-corrected chi connectivity index (χ0v) is 20.6. The fourth-order valence-corrected chi connectivity index (χ4v) is 4.40. The number of benzene rings is 3. The molecule has 35 heavy (non-hydrogen) atoms. The number of carbonyl (C=O) groups excluding carboxylic acids is 1. The number of rotatable bonds is 7. The van der Waals surface area contributed by atoms with Gasteiger partial charge in [-0.05, 0) is 59.5 Å². The van der Waals surface area contributed by atoms with Crippen LogP contribution >= 0.6 is 0 Å². The lowest BCUT2D eigenvalue weighted by molar-refractivity contribution is 0.193. The van der Waals surface area contributed by atoms with Crippen LogP contribution in [-0.4, -0.2) is 53.0 Å². The van der Waals surface area contributed by atoms with E-state index in [1.807, 2.05) is 41.3 Å². The Morgan fingerprint density at radius 3 is 2.03 bits per heavy atom. The second-order valence-corrected chi connectivity index (χ2v) is 8.02. The molecule has 1 aliphatic rings. The molecule has 0 spiro atoms. The number of anilines is 1. The van der Waals surface area contributed by atoms with Gasteiger partial charge in [-0.3, -0.25) is 0 Å². The van der Waals surface area contributed by atoms with E-state index >= 15 is 0 Å². The van der Waals surface area contributed by atoms with Gasteiger partial charge < -0.3 is 33.9 Å². The van der Waals surface area contributed by atoms with Crippen LogP contribution in [0.5, 0.6) is 28.7 Å². The maximum atomic E-state index is 13.6. The Bertz CT molecular complexity index is 1200. The lowest BCUT2D eigenvalue weighted by Gasteiger charge is -2.38. The van der Waals surface area contributed by atoms with Crippen LogP contribution < -0.4 is 29.0 Å². The quantitative estimate of drug-likeness (QED) is 0.520. The molecule has 3 aromatic rings. The average molecular weight is 479 g/mol. The summed E-state index contributed by atoms with van der Waals surface area (Å²) in [4.78, 5) is 15.5. The molecule has 0 fully saturated rings. The Balaban J connectivity index is 1.75. The zero-order valence-electron chi connectivity index (χ0n) is 20.6. The van der Waals surface area contributed by atoms with E-state index in [1.54, 1.807) is 53.7 Å². The van der Waals surface area contributed by atoms with Crippen LogP contribution in [0.25, 0.3) is 0 Å². The van der Waals surface area contributed by atoms with Crippen molar-refractivity contribution < 1.29 is 28.5 Å². The smallest absolute Gasteiger partial charge is 0.322 e. The number of urea groups is 1. The molecule has 0 radical (unpaired) electrons. The summed E-state index contributed by atoms with van der Waals surface area (Å²) in [6.07, 6.45) is 0.676. The topological polar surface area (TPSA) is 78.5 Å². The lowest BCUT2D eigenvalue weighted by atomic mass is 9.87. The minimum Gasteiger partial charge on any atom is -0.497 e. The summed E-state index contributed by atoms with van der Waals surface area (Å²) in [7, 11) is 8.00. The van der Waals surface area contributed by atoms with Crippen LogP contribution in [-0.2, 0) is 6.42 Å². The van der Waals surface area contributed by atoms with E-state index in [0.29, 0.717) is 41.7 Å². The van der Waals surface area contributed by atoms with Crippen molar-refractivity contribution in [3.05, 3.63) is 71.3 Å². The highest BCUT2D eigenvalue weighted by atomic mass is 16.5. The average Bonchev–Trinajstić information content (AvgIpc) is 2.91. The first-order valence-corrected chi connectivity index (χ1v) is 11.2. The van der Waals surface area contributed by atoms with Gasteiger partial charge in [0.05, 0.1) is 47.3 Å². The van der Waals surface area contributed by atoms with Gasteiger partial charge in [0, 0.05) is 12.6 Å². The summed E-state index contributed by atoms with van der Waals surface area (Å²) >= 11 is 0. The van der Waals surface area contributed by atoms with E-state index in [-0.39, 0.29) is 12.1 Å². The Morgan fingerprint density at radius 1 is 0.771 bits per heavy atom. The molecule has 0 unspecified atom stereocenters. The van der Waals surface area contributed by atoms with E-state index in [0.717, 1.165) is 22.4 Å². The molecule has 0 saturated heterocycles. The van der Waals surface area contributed by atoms with Crippen molar-refractivity contribution in [1.82, 2.24) is 4.90 Å². The molecule has 1 aliphatic heterocycles. The Labute approximate surface area is 205 Å². The molecular weight excluding hydrogens is 448 g/mol. The lowest BCUT2D eigenvalue weighted by Crippen LogP contribution is -2.43. The van der Waals surface area contributed by atoms with Crippen molar-refractivity contribution in [2.24, 2.45) is 0 Å². The van der Waals surface area contributed by atoms with Crippen LogP contribution in [0.15, 0.2) is 54.6 Å². The zero-order chi connectivity index (χ0) is 24.9. The maximum Gasteiger partial charge on any atom is 0.322 e. The fraction of sp³-hybridized carbons (Fsp3) is 0.296. The molecule has 184 valence electrons. The molecule has 0 aromatic heterocycles. The van der Waals surface area contributed by atoms with Gasteiger partial charge in [0.2, 0.25) is 0 Å². The summed E-state index contributed by atoms with van der Waals surface area (Å²) in [5.74, 6) is 3.19. The standard InChI is InChI=1S/C27H30N2O6/c1-31-19-8-6-17(7-9-19)26-21-16-25(35-5)24(34-4)14-18(21)12-13-29(26)27(30)28-22-11-10-20(32-2)15-23(22)33-3/h6-11,14-16,26H,12-13H2,1-5H3,(H,28,30)/t26-/m1/s1. The third-order valence-corrected chi connectivity index (χ3v) is 6.22. The molecule has 0 bridgehead atoms. The van der Waals surface area contributed by atoms with Crippen LogP contribution in [0.2, 0.25) is 0 Å². The molecule has 8 heteroatoms. The number of nitrogens with one attached hydrogen (secondary N) is 1. The predicted molar refractivity (Wildman–Crippen MR) is 133 cm³/mol. The SMILES string of the molecule is COc1ccc([C@@H]2c3cc(OC)c(OC)cc3CCN2C(=O)Nc2ccc(OC)cc2OC)cc1. The van der Waals surface area contributed by atoms with Crippen molar-refractivity contribution in [3.63, 3.8) is 0 Å². The number of ether oxygens (including phenoxy) is 5. The number of hydrogen-bond donors (Lipinski definition) is 1. The van der Waals surface area contributed by atoms with Crippen molar-refractivity contribution in [1.29, 1.82) is 0 Å². The monoisotopic (exact) mass is 478 g/mol. The Kier molecular flexibility index (Phi) is 7.19. The summed E-state index contributed by atoms with van der Waals surface area (Å²) in [5, 5.41) is 3.01. The van der Waals surface area contributed by atoms with Gasteiger partial charge in [0.15, 0.2) is 11.5 Å². The first-order valence-electron chi connectivity index (χ1n) is 11.2. The van der Waals surface area contributed by atoms with Crippen LogP contribution in [0.3, 0.4) is 0 Å². The van der Waals surface area contributed by atoms with Gasteiger partial charge in [-0.25, -0.2) is 4.79 Å². The van der Waals surface area contributed by atoms with E-state index < -0.39 is 0 Å². The first kappa shape index (κ1) is 24.1. The van der Waals surface area contributed by atoms with Gasteiger partial charge in [0.1, 0.15) is 17.2 Å². The van der Waals surface area contributed by atoms with E-state index in [1.165, 1.54) is 0 Å². The van der Waals surface area contributed by atoms with Gasteiger partial charge in [-0.15, -0.1) is 0 Å². The molecule has 2 amide bonds. The Morgan fingerprint density at radius 2 is 1.40 bits per heavy atom. The van der Waals surface area contributed by atoms with Gasteiger partial charge in [-0.2, -0.15) is 0 Å². The number of fused-ring (bicyclic) bond motifs is 1. The maximum absolute atomic E-state index is 13.6. The van der Waals surface area contributed by atoms with Gasteiger partial charge in [0.25, 0.3) is 0 Å². The second-order valence-electron chi connectivity index (χ2n) is 8.02. The number of amides is 2. The minimum atomic E-state index is -0.339. The summed E-state index contributed by atoms with van der Waals surface area (Å²) in [6.45, 7) is 0.517. The third kappa shape index (κ3) is 4.77. The third-order valence-electron chi connectivity index (χ3n) is 6.22. The van der Waals surface area contributed by atoms with Crippen LogP contribution in [0.4, 0.5) is 10.5 Å².